The fourth-order valence-corrected chi connectivity index (χ4v) is 2.76. The average Bonchev–Trinajstić information content (AvgIpc) is 2.81. The molecule has 0 unspecified atom stereocenters. The number of carbonyl (C=O) groups excluding carboxylic acids is 1. The fourth-order valence-electron chi connectivity index (χ4n) is 1.85. The molecule has 0 spiro atoms. The number of benzene rings is 2. The topological polar surface area (TPSA) is 68.0 Å². The first kappa shape index (κ1) is 11.7. The lowest BCUT2D eigenvalue weighted by molar-refractivity contribution is 0.100. The van der Waals surface area contributed by atoms with Crippen molar-refractivity contribution in [1.82, 2.24) is 4.98 Å². The molecule has 0 radical (unpaired) electrons. The van der Waals surface area contributed by atoms with Gasteiger partial charge in [0.15, 0.2) is 5.13 Å². The lowest BCUT2D eigenvalue weighted by Crippen LogP contribution is -2.11. The van der Waals surface area contributed by atoms with Gasteiger partial charge in [0.1, 0.15) is 0 Å². The maximum absolute atomic E-state index is 11.3. The molecule has 0 saturated carbocycles. The van der Waals surface area contributed by atoms with Crippen molar-refractivity contribution in [2.24, 2.45) is 5.73 Å². The minimum atomic E-state index is -0.456. The number of rotatable bonds is 3. The van der Waals surface area contributed by atoms with Gasteiger partial charge in [0.05, 0.1) is 15.8 Å². The molecule has 0 aliphatic heterocycles. The number of nitrogens with one attached hydrogen (secondary N) is 1. The van der Waals surface area contributed by atoms with Crippen molar-refractivity contribution in [3.63, 3.8) is 0 Å². The van der Waals surface area contributed by atoms with Crippen molar-refractivity contribution in [2.75, 3.05) is 5.32 Å². The molecular formula is C14H11N3OS. The van der Waals surface area contributed by atoms with Crippen LogP contribution in [0, 0.1) is 0 Å². The number of para-hydroxylation sites is 2. The Balaban J connectivity index is 2.03. The predicted molar refractivity (Wildman–Crippen MR) is 77.9 cm³/mol. The Morgan fingerprint density at radius 1 is 1.11 bits per heavy atom. The second-order valence-corrected chi connectivity index (χ2v) is 5.06. The minimum absolute atomic E-state index is 0.454. The number of primary amides is 1. The summed E-state index contributed by atoms with van der Waals surface area (Å²) in [6.45, 7) is 0. The van der Waals surface area contributed by atoms with Crippen LogP contribution in [0.15, 0.2) is 48.5 Å². The van der Waals surface area contributed by atoms with Gasteiger partial charge in [0.2, 0.25) is 0 Å². The van der Waals surface area contributed by atoms with Crippen LogP contribution in [0.3, 0.4) is 0 Å². The Morgan fingerprint density at radius 3 is 2.63 bits per heavy atom. The van der Waals surface area contributed by atoms with E-state index in [-0.39, 0.29) is 0 Å². The number of thiazole rings is 1. The SMILES string of the molecule is NC(=O)c1cccc2sc(Nc3ccccc3)nc12. The van der Waals surface area contributed by atoms with Crippen LogP contribution < -0.4 is 11.1 Å². The average molecular weight is 269 g/mol. The molecule has 0 bridgehead atoms. The molecule has 1 heterocycles. The molecule has 0 aliphatic carbocycles. The molecule has 3 aromatic rings. The molecule has 0 fully saturated rings. The maximum atomic E-state index is 11.3. The lowest BCUT2D eigenvalue weighted by atomic mass is 10.2. The summed E-state index contributed by atoms with van der Waals surface area (Å²) in [5.74, 6) is -0.456. The molecule has 1 aromatic heterocycles. The Morgan fingerprint density at radius 2 is 1.89 bits per heavy atom. The number of anilines is 2. The van der Waals surface area contributed by atoms with E-state index in [0.717, 1.165) is 15.5 Å². The van der Waals surface area contributed by atoms with Gasteiger partial charge in [-0.3, -0.25) is 4.79 Å². The van der Waals surface area contributed by atoms with Gasteiger partial charge >= 0.3 is 0 Å². The summed E-state index contributed by atoms with van der Waals surface area (Å²) in [7, 11) is 0. The first-order chi connectivity index (χ1) is 9.24. The molecule has 3 N–H and O–H groups in total. The van der Waals surface area contributed by atoms with Crippen LogP contribution in [-0.2, 0) is 0 Å². The highest BCUT2D eigenvalue weighted by atomic mass is 32.1. The monoisotopic (exact) mass is 269 g/mol. The fraction of sp³-hybridized carbons (Fsp3) is 0. The van der Waals surface area contributed by atoms with Crippen molar-refractivity contribution in [3.8, 4) is 0 Å². The van der Waals surface area contributed by atoms with Gasteiger partial charge in [0, 0.05) is 5.69 Å². The molecule has 19 heavy (non-hydrogen) atoms. The number of fused-ring (bicyclic) bond motifs is 1. The van der Waals surface area contributed by atoms with Gasteiger partial charge in [-0.15, -0.1) is 0 Å². The third-order valence-electron chi connectivity index (χ3n) is 2.71. The highest BCUT2D eigenvalue weighted by molar-refractivity contribution is 7.22. The van der Waals surface area contributed by atoms with E-state index in [9.17, 15) is 4.79 Å². The molecule has 0 saturated heterocycles. The summed E-state index contributed by atoms with van der Waals surface area (Å²) in [6.07, 6.45) is 0. The van der Waals surface area contributed by atoms with Crippen LogP contribution in [0.5, 0.6) is 0 Å². The number of aromatic nitrogens is 1. The molecule has 1 amide bonds. The van der Waals surface area contributed by atoms with E-state index in [1.54, 1.807) is 6.07 Å². The molecular weight excluding hydrogens is 258 g/mol. The minimum Gasteiger partial charge on any atom is -0.366 e. The maximum Gasteiger partial charge on any atom is 0.250 e. The zero-order chi connectivity index (χ0) is 13.2. The predicted octanol–water partition coefficient (Wildman–Crippen LogP) is 3.14. The number of carbonyl (C=O) groups is 1. The van der Waals surface area contributed by atoms with E-state index in [4.69, 9.17) is 5.73 Å². The summed E-state index contributed by atoms with van der Waals surface area (Å²) >= 11 is 1.49. The van der Waals surface area contributed by atoms with Crippen molar-refractivity contribution < 1.29 is 4.79 Å². The molecule has 5 heteroatoms. The van der Waals surface area contributed by atoms with Crippen LogP contribution in [0.2, 0.25) is 0 Å². The second kappa shape index (κ2) is 4.70. The van der Waals surface area contributed by atoms with Crippen molar-refractivity contribution >= 4 is 38.3 Å². The standard InChI is InChI=1S/C14H11N3OS/c15-13(18)10-7-4-8-11-12(10)17-14(19-11)16-9-5-2-1-3-6-9/h1-8H,(H2,15,18)(H,16,17). The van der Waals surface area contributed by atoms with E-state index >= 15 is 0 Å². The molecule has 2 aromatic carbocycles. The van der Waals surface area contributed by atoms with Crippen molar-refractivity contribution in [1.29, 1.82) is 0 Å². The van der Waals surface area contributed by atoms with Crippen LogP contribution in [0.1, 0.15) is 10.4 Å². The summed E-state index contributed by atoms with van der Waals surface area (Å²) in [5.41, 5.74) is 7.41. The van der Waals surface area contributed by atoms with Crippen molar-refractivity contribution in [2.45, 2.75) is 0 Å². The summed E-state index contributed by atoms with van der Waals surface area (Å²) in [4.78, 5) is 15.8. The number of amides is 1. The van der Waals surface area contributed by atoms with Crippen LogP contribution in [-0.4, -0.2) is 10.9 Å². The largest absolute Gasteiger partial charge is 0.366 e. The number of nitrogens with zero attached hydrogens (tertiary/aromatic N) is 1. The Labute approximate surface area is 113 Å². The zero-order valence-electron chi connectivity index (χ0n) is 9.96. The summed E-state index contributed by atoms with van der Waals surface area (Å²) < 4.78 is 0.940. The van der Waals surface area contributed by atoms with Crippen molar-refractivity contribution in [3.05, 3.63) is 54.1 Å². The highest BCUT2D eigenvalue weighted by Crippen LogP contribution is 2.29. The highest BCUT2D eigenvalue weighted by Gasteiger charge is 2.11. The first-order valence-electron chi connectivity index (χ1n) is 5.75. The van der Waals surface area contributed by atoms with Gasteiger partial charge in [-0.05, 0) is 24.3 Å². The third-order valence-corrected chi connectivity index (χ3v) is 3.65. The van der Waals surface area contributed by atoms with Gasteiger partial charge in [0.25, 0.3) is 5.91 Å². The molecule has 3 rings (SSSR count). The van der Waals surface area contributed by atoms with E-state index < -0.39 is 5.91 Å². The van der Waals surface area contributed by atoms with Crippen LogP contribution in [0.25, 0.3) is 10.2 Å². The van der Waals surface area contributed by atoms with E-state index in [2.05, 4.69) is 10.3 Å². The van der Waals surface area contributed by atoms with Gasteiger partial charge in [-0.25, -0.2) is 4.98 Å². The molecule has 0 aliphatic rings. The van der Waals surface area contributed by atoms with E-state index in [1.165, 1.54) is 11.3 Å². The first-order valence-corrected chi connectivity index (χ1v) is 6.57. The third kappa shape index (κ3) is 2.28. The Bertz CT molecular complexity index is 737. The van der Waals surface area contributed by atoms with Gasteiger partial charge in [-0.2, -0.15) is 0 Å². The van der Waals surface area contributed by atoms with E-state index in [1.807, 2.05) is 42.5 Å². The number of nitrogens with two attached hydrogens (primary N) is 1. The quantitative estimate of drug-likeness (QED) is 0.767. The molecule has 94 valence electrons. The van der Waals surface area contributed by atoms with E-state index in [0.29, 0.717) is 11.1 Å². The van der Waals surface area contributed by atoms with Crippen LogP contribution >= 0.6 is 11.3 Å². The Hall–Kier alpha value is -2.40. The van der Waals surface area contributed by atoms with Gasteiger partial charge in [-0.1, -0.05) is 35.6 Å². The summed E-state index contributed by atoms with van der Waals surface area (Å²) in [5, 5.41) is 3.96. The summed E-state index contributed by atoms with van der Waals surface area (Å²) in [6, 6.07) is 15.2. The number of hydrogen-bond donors (Lipinski definition) is 2. The van der Waals surface area contributed by atoms with Gasteiger partial charge < -0.3 is 11.1 Å². The zero-order valence-corrected chi connectivity index (χ0v) is 10.8. The second-order valence-electron chi connectivity index (χ2n) is 4.03. The smallest absolute Gasteiger partial charge is 0.250 e. The van der Waals surface area contributed by atoms with Crippen LogP contribution in [0.4, 0.5) is 10.8 Å². The molecule has 4 nitrogen and oxygen atoms in total. The Kier molecular flexibility index (Phi) is 2.89. The number of hydrogen-bond acceptors (Lipinski definition) is 4. The lowest BCUT2D eigenvalue weighted by Gasteiger charge is -2.00. The normalized spacial score (nSPS) is 10.5. The molecule has 0 atom stereocenters.